The molecule has 0 fully saturated rings. The summed E-state index contributed by atoms with van der Waals surface area (Å²) in [6, 6.07) is 0.183. The molecule has 7 heteroatoms. The van der Waals surface area contributed by atoms with E-state index in [1.807, 2.05) is 0 Å². The van der Waals surface area contributed by atoms with E-state index in [9.17, 15) is 0 Å². The molecule has 0 saturated carbocycles. The highest BCUT2D eigenvalue weighted by molar-refractivity contribution is 5.87. The Hall–Kier alpha value is -1.89. The predicted molar refractivity (Wildman–Crippen MR) is 75.4 cm³/mol. The second-order valence-electron chi connectivity index (χ2n) is 4.73. The van der Waals surface area contributed by atoms with Crippen LogP contribution < -0.4 is 10.6 Å². The van der Waals surface area contributed by atoms with E-state index in [-0.39, 0.29) is 6.04 Å². The average molecular weight is 264 g/mol. The maximum Gasteiger partial charge on any atom is 0.226 e. The number of anilines is 2. The van der Waals surface area contributed by atoms with Crippen molar-refractivity contribution in [2.75, 3.05) is 31.4 Å². The average Bonchev–Trinajstić information content (AvgIpc) is 2.86. The van der Waals surface area contributed by atoms with Gasteiger partial charge in [0.25, 0.3) is 0 Å². The molecule has 0 aliphatic carbocycles. The first-order valence-electron chi connectivity index (χ1n) is 6.30. The van der Waals surface area contributed by atoms with Gasteiger partial charge in [0.1, 0.15) is 5.82 Å². The largest absolute Gasteiger partial charge is 0.383 e. The molecular formula is C12H20N6O. The topological polar surface area (TPSA) is 87.8 Å². The molecule has 2 heterocycles. The predicted octanol–water partition coefficient (Wildman–Crippen LogP) is 1.48. The summed E-state index contributed by atoms with van der Waals surface area (Å²) in [5.74, 6) is 1.74. The molecule has 2 aromatic heterocycles. The van der Waals surface area contributed by atoms with Gasteiger partial charge in [0.05, 0.1) is 24.2 Å². The van der Waals surface area contributed by atoms with Gasteiger partial charge in [0, 0.05) is 14.2 Å². The molecule has 0 amide bonds. The monoisotopic (exact) mass is 264 g/mol. The summed E-state index contributed by atoms with van der Waals surface area (Å²) >= 11 is 0. The lowest BCUT2D eigenvalue weighted by Crippen LogP contribution is -2.31. The Bertz CT molecular complexity index is 538. The van der Waals surface area contributed by atoms with Gasteiger partial charge in [-0.25, -0.2) is 0 Å². The lowest BCUT2D eigenvalue weighted by Gasteiger charge is -2.22. The number of hydrogen-bond acceptors (Lipinski definition) is 6. The maximum absolute atomic E-state index is 5.24. The van der Waals surface area contributed by atoms with E-state index in [1.54, 1.807) is 20.4 Å². The Labute approximate surface area is 112 Å². The van der Waals surface area contributed by atoms with Crippen LogP contribution in [0.25, 0.3) is 11.0 Å². The number of nitrogens with zero attached hydrogens (tertiary/aromatic N) is 3. The number of aromatic nitrogens is 4. The first-order valence-corrected chi connectivity index (χ1v) is 6.30. The van der Waals surface area contributed by atoms with Gasteiger partial charge in [-0.2, -0.15) is 15.1 Å². The van der Waals surface area contributed by atoms with E-state index < -0.39 is 0 Å². The summed E-state index contributed by atoms with van der Waals surface area (Å²) in [5.41, 5.74) is 0.710. The zero-order valence-electron chi connectivity index (χ0n) is 11.7. The van der Waals surface area contributed by atoms with Crippen LogP contribution in [0.15, 0.2) is 6.20 Å². The van der Waals surface area contributed by atoms with E-state index in [4.69, 9.17) is 4.74 Å². The zero-order valence-corrected chi connectivity index (χ0v) is 11.7. The van der Waals surface area contributed by atoms with E-state index in [0.29, 0.717) is 24.1 Å². The van der Waals surface area contributed by atoms with E-state index >= 15 is 0 Å². The number of hydrogen-bond donors (Lipinski definition) is 3. The van der Waals surface area contributed by atoms with Gasteiger partial charge >= 0.3 is 0 Å². The molecule has 0 aliphatic heterocycles. The molecule has 0 bridgehead atoms. The van der Waals surface area contributed by atoms with Crippen molar-refractivity contribution >= 4 is 22.8 Å². The minimum Gasteiger partial charge on any atom is -0.383 e. The Morgan fingerprint density at radius 3 is 2.79 bits per heavy atom. The Kier molecular flexibility index (Phi) is 4.16. The van der Waals surface area contributed by atoms with Gasteiger partial charge in [-0.15, -0.1) is 0 Å². The van der Waals surface area contributed by atoms with Gasteiger partial charge < -0.3 is 15.4 Å². The minimum atomic E-state index is 0.183. The Balaban J connectivity index is 2.34. The summed E-state index contributed by atoms with van der Waals surface area (Å²) in [5, 5.41) is 14.1. The van der Waals surface area contributed by atoms with E-state index in [0.717, 1.165) is 11.2 Å². The molecule has 104 valence electrons. The van der Waals surface area contributed by atoms with Crippen LogP contribution in [-0.4, -0.2) is 47.0 Å². The summed E-state index contributed by atoms with van der Waals surface area (Å²) < 4.78 is 5.24. The smallest absolute Gasteiger partial charge is 0.226 e. The van der Waals surface area contributed by atoms with Crippen molar-refractivity contribution < 1.29 is 4.74 Å². The third-order valence-corrected chi connectivity index (χ3v) is 3.01. The highest BCUT2D eigenvalue weighted by Crippen LogP contribution is 2.21. The lowest BCUT2D eigenvalue weighted by molar-refractivity contribution is 0.171. The molecule has 1 unspecified atom stereocenters. The fraction of sp³-hybridized carbons (Fsp3) is 0.583. The highest BCUT2D eigenvalue weighted by Gasteiger charge is 2.16. The molecule has 0 saturated heterocycles. The summed E-state index contributed by atoms with van der Waals surface area (Å²) in [7, 11) is 3.49. The highest BCUT2D eigenvalue weighted by atomic mass is 16.5. The number of aromatic amines is 1. The van der Waals surface area contributed by atoms with Crippen molar-refractivity contribution in [2.45, 2.75) is 19.9 Å². The molecule has 19 heavy (non-hydrogen) atoms. The van der Waals surface area contributed by atoms with Crippen LogP contribution in [0.1, 0.15) is 13.8 Å². The fourth-order valence-corrected chi connectivity index (χ4v) is 1.81. The van der Waals surface area contributed by atoms with E-state index in [1.165, 1.54) is 0 Å². The number of fused-ring (bicyclic) bond motifs is 1. The van der Waals surface area contributed by atoms with Crippen molar-refractivity contribution in [3.05, 3.63) is 6.20 Å². The second-order valence-corrected chi connectivity index (χ2v) is 4.73. The zero-order chi connectivity index (χ0) is 13.8. The van der Waals surface area contributed by atoms with Gasteiger partial charge in [-0.3, -0.25) is 5.10 Å². The molecule has 3 N–H and O–H groups in total. The van der Waals surface area contributed by atoms with E-state index in [2.05, 4.69) is 44.6 Å². The van der Waals surface area contributed by atoms with Gasteiger partial charge in [-0.05, 0) is 5.92 Å². The quantitative estimate of drug-likeness (QED) is 0.732. The van der Waals surface area contributed by atoms with Crippen LogP contribution in [0.5, 0.6) is 0 Å². The molecule has 7 nitrogen and oxygen atoms in total. The molecular weight excluding hydrogens is 244 g/mol. The van der Waals surface area contributed by atoms with Crippen LogP contribution in [-0.2, 0) is 4.74 Å². The molecule has 0 aliphatic rings. The van der Waals surface area contributed by atoms with Gasteiger partial charge in [0.15, 0.2) is 5.65 Å². The summed E-state index contributed by atoms with van der Waals surface area (Å²) in [4.78, 5) is 8.75. The number of H-pyrrole nitrogens is 1. The standard InChI is InChI=1S/C12H20N6O/c1-7(2)9(6-19-4)15-10-8-5-14-18-11(8)17-12(13-3)16-10/h5,7,9H,6H2,1-4H3,(H3,13,14,15,16,17,18). The lowest BCUT2D eigenvalue weighted by atomic mass is 10.1. The molecule has 2 aromatic rings. The summed E-state index contributed by atoms with van der Waals surface area (Å²) in [6.07, 6.45) is 1.72. The summed E-state index contributed by atoms with van der Waals surface area (Å²) in [6.45, 7) is 4.91. The first kappa shape index (κ1) is 13.5. The van der Waals surface area contributed by atoms with Crippen LogP contribution >= 0.6 is 0 Å². The SMILES string of the molecule is CNc1nc(NC(COC)C(C)C)c2cn[nH]c2n1. The minimum absolute atomic E-state index is 0.183. The molecule has 0 radical (unpaired) electrons. The third-order valence-electron chi connectivity index (χ3n) is 3.01. The van der Waals surface area contributed by atoms with Crippen molar-refractivity contribution in [2.24, 2.45) is 5.92 Å². The number of rotatable bonds is 6. The van der Waals surface area contributed by atoms with Gasteiger partial charge in [0.2, 0.25) is 5.95 Å². The van der Waals surface area contributed by atoms with Crippen LogP contribution in [0, 0.1) is 5.92 Å². The molecule has 1 atom stereocenters. The van der Waals surface area contributed by atoms with Crippen LogP contribution in [0.2, 0.25) is 0 Å². The second kappa shape index (κ2) is 5.83. The van der Waals surface area contributed by atoms with Crippen LogP contribution in [0.4, 0.5) is 11.8 Å². The molecule has 0 aromatic carbocycles. The van der Waals surface area contributed by atoms with Crippen molar-refractivity contribution in [1.29, 1.82) is 0 Å². The Morgan fingerprint density at radius 2 is 2.16 bits per heavy atom. The van der Waals surface area contributed by atoms with Crippen molar-refractivity contribution in [3.8, 4) is 0 Å². The molecule has 0 spiro atoms. The Morgan fingerprint density at radius 1 is 1.37 bits per heavy atom. The van der Waals surface area contributed by atoms with Crippen molar-refractivity contribution in [3.63, 3.8) is 0 Å². The molecule has 2 rings (SSSR count). The normalized spacial score (nSPS) is 12.9. The fourth-order valence-electron chi connectivity index (χ4n) is 1.81. The number of methoxy groups -OCH3 is 1. The number of nitrogens with one attached hydrogen (secondary N) is 3. The maximum atomic E-state index is 5.24. The van der Waals surface area contributed by atoms with Gasteiger partial charge in [-0.1, -0.05) is 13.8 Å². The number of ether oxygens (including phenoxy) is 1. The van der Waals surface area contributed by atoms with Crippen LogP contribution in [0.3, 0.4) is 0 Å². The van der Waals surface area contributed by atoms with Crippen molar-refractivity contribution in [1.82, 2.24) is 20.2 Å². The third kappa shape index (κ3) is 2.93. The first-order chi connectivity index (χ1) is 9.15.